The Balaban J connectivity index is 1.99. The molecule has 0 N–H and O–H groups in total. The molecule has 0 aliphatic heterocycles. The quantitative estimate of drug-likeness (QED) is 0.378. The maximum atomic E-state index is 12.4. The van der Waals surface area contributed by atoms with Crippen LogP contribution in [-0.2, 0) is 9.47 Å². The third kappa shape index (κ3) is 4.63. The Morgan fingerprint density at radius 1 is 0.733 bits per heavy atom. The van der Waals surface area contributed by atoms with Gasteiger partial charge in [0.15, 0.2) is 0 Å². The summed E-state index contributed by atoms with van der Waals surface area (Å²) in [5, 5.41) is 8.46. The Morgan fingerprint density at radius 3 is 1.57 bits per heavy atom. The fraction of sp³-hybridized carbons (Fsp3) is 0.217. The highest BCUT2D eigenvalue weighted by Gasteiger charge is 2.25. The van der Waals surface area contributed by atoms with Crippen molar-refractivity contribution in [2.24, 2.45) is 10.2 Å². The van der Waals surface area contributed by atoms with Gasteiger partial charge in [-0.05, 0) is 67.4 Å². The van der Waals surface area contributed by atoms with Gasteiger partial charge in [-0.25, -0.2) is 9.59 Å². The summed E-state index contributed by atoms with van der Waals surface area (Å²) in [5.74, 6) is -0.256. The van der Waals surface area contributed by atoms with Gasteiger partial charge in [-0.3, -0.25) is 0 Å². The van der Waals surface area contributed by atoms with E-state index in [2.05, 4.69) is 10.2 Å². The molecule has 30 heavy (non-hydrogen) atoms. The lowest BCUT2D eigenvalue weighted by Crippen LogP contribution is -2.05. The lowest BCUT2D eigenvalue weighted by molar-refractivity contribution is 0.0525. The number of carbonyl (C=O) groups excluding carboxylic acids is 2. The van der Waals surface area contributed by atoms with Crippen molar-refractivity contribution in [3.05, 3.63) is 65.7 Å². The number of carbonyl (C=O) groups is 2. The summed E-state index contributed by atoms with van der Waals surface area (Å²) in [5.41, 5.74) is 3.02. The minimum absolute atomic E-state index is 0.237. The SMILES string of the molecule is CCOC(=O)c1cc(C(=O)OCC)c2ccc(N=Nc3ccc(OC)cc3)ccc1-2. The molecule has 2 aliphatic carbocycles. The summed E-state index contributed by atoms with van der Waals surface area (Å²) in [6.07, 6.45) is 0. The van der Waals surface area contributed by atoms with E-state index in [1.165, 1.54) is 6.07 Å². The second kappa shape index (κ2) is 9.65. The van der Waals surface area contributed by atoms with Crippen molar-refractivity contribution < 1.29 is 23.8 Å². The molecular weight excluding hydrogens is 384 g/mol. The first-order chi connectivity index (χ1) is 14.6. The van der Waals surface area contributed by atoms with Crippen LogP contribution >= 0.6 is 0 Å². The van der Waals surface area contributed by atoms with Crippen molar-refractivity contribution >= 4 is 23.3 Å². The highest BCUT2D eigenvalue weighted by Crippen LogP contribution is 2.34. The number of methoxy groups -OCH3 is 1. The maximum absolute atomic E-state index is 12.4. The molecule has 0 saturated carbocycles. The second-order valence-electron chi connectivity index (χ2n) is 6.23. The zero-order valence-electron chi connectivity index (χ0n) is 17.0. The maximum Gasteiger partial charge on any atom is 0.338 e. The van der Waals surface area contributed by atoms with Gasteiger partial charge in [-0.1, -0.05) is 12.1 Å². The lowest BCUT2D eigenvalue weighted by atomic mass is 10.1. The molecule has 7 nitrogen and oxygen atoms in total. The van der Waals surface area contributed by atoms with Gasteiger partial charge in [-0.2, -0.15) is 10.2 Å². The molecule has 0 spiro atoms. The summed E-state index contributed by atoms with van der Waals surface area (Å²) in [7, 11) is 1.60. The third-order valence-corrected chi connectivity index (χ3v) is 4.34. The van der Waals surface area contributed by atoms with Crippen LogP contribution in [0.5, 0.6) is 5.75 Å². The summed E-state index contributed by atoms with van der Waals surface area (Å²) in [4.78, 5) is 24.8. The average molecular weight is 406 g/mol. The number of esters is 2. The normalized spacial score (nSPS) is 10.9. The van der Waals surface area contributed by atoms with Crippen LogP contribution in [0.1, 0.15) is 34.6 Å². The van der Waals surface area contributed by atoms with Gasteiger partial charge in [-0.15, -0.1) is 0 Å². The number of rotatable bonds is 7. The van der Waals surface area contributed by atoms with E-state index in [0.717, 1.165) is 5.75 Å². The second-order valence-corrected chi connectivity index (χ2v) is 6.23. The molecule has 0 saturated heterocycles. The van der Waals surface area contributed by atoms with Gasteiger partial charge < -0.3 is 14.2 Å². The van der Waals surface area contributed by atoms with Crippen LogP contribution in [0.15, 0.2) is 64.8 Å². The van der Waals surface area contributed by atoms with E-state index < -0.39 is 11.9 Å². The van der Waals surface area contributed by atoms with E-state index in [0.29, 0.717) is 33.6 Å². The number of fused-ring (bicyclic) bond motifs is 1. The van der Waals surface area contributed by atoms with Crippen LogP contribution in [0.2, 0.25) is 0 Å². The van der Waals surface area contributed by atoms with Gasteiger partial charge in [0.25, 0.3) is 0 Å². The number of azo groups is 1. The molecule has 0 amide bonds. The number of benzene rings is 1. The zero-order chi connectivity index (χ0) is 21.5. The Bertz CT molecular complexity index is 991. The highest BCUT2D eigenvalue weighted by molar-refractivity contribution is 6.08. The first kappa shape index (κ1) is 21.0. The Hall–Kier alpha value is -3.74. The van der Waals surface area contributed by atoms with E-state index >= 15 is 0 Å². The first-order valence-electron chi connectivity index (χ1n) is 9.54. The van der Waals surface area contributed by atoms with Crippen LogP contribution in [0.3, 0.4) is 0 Å². The van der Waals surface area contributed by atoms with Gasteiger partial charge in [0, 0.05) is 0 Å². The molecule has 1 aromatic carbocycles. The number of hydrogen-bond donors (Lipinski definition) is 0. The predicted molar refractivity (Wildman–Crippen MR) is 112 cm³/mol. The average Bonchev–Trinajstić information content (AvgIpc) is 3.00. The van der Waals surface area contributed by atoms with E-state index in [1.54, 1.807) is 69.5 Å². The van der Waals surface area contributed by atoms with Crippen molar-refractivity contribution in [1.29, 1.82) is 0 Å². The molecule has 3 rings (SSSR count). The molecule has 2 aliphatic rings. The van der Waals surface area contributed by atoms with Crippen molar-refractivity contribution in [2.45, 2.75) is 13.8 Å². The standard InChI is InChI=1S/C23H22N2O5/c1-4-29-22(26)20-14-21(23(27)30-5-2)19-13-9-16(8-12-18(19)20)25-24-15-6-10-17(28-3)11-7-15/h6-14H,4-5H2,1-3H3. The van der Waals surface area contributed by atoms with Crippen molar-refractivity contribution in [3.8, 4) is 16.9 Å². The molecule has 1 aromatic rings. The van der Waals surface area contributed by atoms with Crippen LogP contribution < -0.4 is 4.74 Å². The van der Waals surface area contributed by atoms with E-state index in [-0.39, 0.29) is 13.2 Å². The Labute approximate surface area is 174 Å². The minimum atomic E-state index is -0.495. The molecule has 7 heteroatoms. The van der Waals surface area contributed by atoms with E-state index in [1.807, 2.05) is 0 Å². The molecule has 0 bridgehead atoms. The zero-order valence-corrected chi connectivity index (χ0v) is 17.0. The molecule has 0 aromatic heterocycles. The van der Waals surface area contributed by atoms with Gasteiger partial charge in [0.1, 0.15) is 5.75 Å². The molecule has 0 atom stereocenters. The van der Waals surface area contributed by atoms with Gasteiger partial charge >= 0.3 is 11.9 Å². The number of ether oxygens (including phenoxy) is 3. The fourth-order valence-corrected chi connectivity index (χ4v) is 2.93. The van der Waals surface area contributed by atoms with E-state index in [9.17, 15) is 9.59 Å². The molecular formula is C23H22N2O5. The van der Waals surface area contributed by atoms with Crippen LogP contribution in [-0.4, -0.2) is 32.3 Å². The Morgan fingerprint density at radius 2 is 1.17 bits per heavy atom. The number of nitrogens with zero attached hydrogens (tertiary/aromatic N) is 2. The molecule has 0 heterocycles. The van der Waals surface area contributed by atoms with Crippen molar-refractivity contribution in [1.82, 2.24) is 0 Å². The van der Waals surface area contributed by atoms with Gasteiger partial charge in [0.2, 0.25) is 0 Å². The summed E-state index contributed by atoms with van der Waals surface area (Å²) < 4.78 is 15.4. The van der Waals surface area contributed by atoms with Gasteiger partial charge in [0.05, 0.1) is 42.8 Å². The minimum Gasteiger partial charge on any atom is -0.497 e. The van der Waals surface area contributed by atoms with Crippen LogP contribution in [0, 0.1) is 0 Å². The van der Waals surface area contributed by atoms with Crippen LogP contribution in [0.25, 0.3) is 11.1 Å². The highest BCUT2D eigenvalue weighted by atomic mass is 16.5. The summed E-state index contributed by atoms with van der Waals surface area (Å²) in [6.45, 7) is 3.93. The molecule has 0 fully saturated rings. The molecule has 0 radical (unpaired) electrons. The van der Waals surface area contributed by atoms with E-state index in [4.69, 9.17) is 14.2 Å². The van der Waals surface area contributed by atoms with Crippen molar-refractivity contribution in [3.63, 3.8) is 0 Å². The first-order valence-corrected chi connectivity index (χ1v) is 9.54. The van der Waals surface area contributed by atoms with Crippen molar-refractivity contribution in [2.75, 3.05) is 20.3 Å². The third-order valence-electron chi connectivity index (χ3n) is 4.34. The summed E-state index contributed by atoms with van der Waals surface area (Å²) >= 11 is 0. The topological polar surface area (TPSA) is 86.6 Å². The molecule has 0 unspecified atom stereocenters. The van der Waals surface area contributed by atoms with Crippen LogP contribution in [0.4, 0.5) is 11.4 Å². The smallest absolute Gasteiger partial charge is 0.338 e. The Kier molecular flexibility index (Phi) is 6.75. The largest absolute Gasteiger partial charge is 0.497 e. The predicted octanol–water partition coefficient (Wildman–Crippen LogP) is 5.57. The fourth-order valence-electron chi connectivity index (χ4n) is 2.93. The monoisotopic (exact) mass is 406 g/mol. The lowest BCUT2D eigenvalue weighted by Gasteiger charge is -2.02. The molecule has 154 valence electrons. The number of hydrogen-bond acceptors (Lipinski definition) is 7. The summed E-state index contributed by atoms with van der Waals surface area (Å²) in [6, 6.07) is 15.6.